The lowest BCUT2D eigenvalue weighted by Crippen LogP contribution is -2.24. The molecule has 3 rings (SSSR count). The third-order valence-electron chi connectivity index (χ3n) is 3.30. The van der Waals surface area contributed by atoms with Gasteiger partial charge in [-0.2, -0.15) is 0 Å². The van der Waals surface area contributed by atoms with E-state index in [9.17, 15) is 4.79 Å². The molecule has 1 aromatic heterocycles. The van der Waals surface area contributed by atoms with Gasteiger partial charge in [0.15, 0.2) is 0 Å². The van der Waals surface area contributed by atoms with Gasteiger partial charge in [-0.3, -0.25) is 4.79 Å². The maximum atomic E-state index is 12.4. The van der Waals surface area contributed by atoms with Gasteiger partial charge < -0.3 is 4.57 Å². The molecule has 100 valence electrons. The fraction of sp³-hybridized carbons (Fsp3) is 0.125. The molecule has 3 aromatic rings. The molecule has 20 heavy (non-hydrogen) atoms. The zero-order valence-corrected chi connectivity index (χ0v) is 12.6. The van der Waals surface area contributed by atoms with Crippen molar-refractivity contribution >= 4 is 27.0 Å². The first-order valence-electron chi connectivity index (χ1n) is 6.36. The number of hydrogen-bond donors (Lipinski definition) is 0. The average molecular weight is 329 g/mol. The topological polar surface area (TPSA) is 34.9 Å². The van der Waals surface area contributed by atoms with Crippen LogP contribution in [-0.2, 0) is 6.54 Å². The Morgan fingerprint density at radius 1 is 1.10 bits per heavy atom. The Bertz CT molecular complexity index is 839. The highest BCUT2D eigenvalue weighted by molar-refractivity contribution is 9.10. The molecule has 0 unspecified atom stereocenters. The first kappa shape index (κ1) is 13.1. The van der Waals surface area contributed by atoms with Crippen LogP contribution in [0.4, 0.5) is 0 Å². The minimum absolute atomic E-state index is 0.0422. The molecule has 0 radical (unpaired) electrons. The highest BCUT2D eigenvalue weighted by Gasteiger charge is 2.09. The summed E-state index contributed by atoms with van der Waals surface area (Å²) < 4.78 is 2.78. The number of para-hydroxylation sites is 2. The summed E-state index contributed by atoms with van der Waals surface area (Å²) in [5.74, 6) is 0. The van der Waals surface area contributed by atoms with Gasteiger partial charge in [-0.1, -0.05) is 46.3 Å². The van der Waals surface area contributed by atoms with Crippen molar-refractivity contribution in [2.75, 3.05) is 0 Å². The second-order valence-corrected chi connectivity index (χ2v) is 5.52. The van der Waals surface area contributed by atoms with Crippen LogP contribution in [0.3, 0.4) is 0 Å². The predicted molar refractivity (Wildman–Crippen MR) is 84.0 cm³/mol. The molecule has 0 atom stereocenters. The van der Waals surface area contributed by atoms with Crippen LogP contribution in [0, 0.1) is 6.92 Å². The van der Waals surface area contributed by atoms with E-state index in [-0.39, 0.29) is 5.56 Å². The predicted octanol–water partition coefficient (Wildman–Crippen LogP) is 3.52. The molecule has 0 aliphatic carbocycles. The Hall–Kier alpha value is -1.94. The lowest BCUT2D eigenvalue weighted by Gasteiger charge is -2.12. The average Bonchev–Trinajstić information content (AvgIpc) is 2.46. The minimum atomic E-state index is -0.0422. The summed E-state index contributed by atoms with van der Waals surface area (Å²) in [4.78, 5) is 16.7. The van der Waals surface area contributed by atoms with Crippen molar-refractivity contribution < 1.29 is 0 Å². The molecule has 3 nitrogen and oxygen atoms in total. The molecule has 0 aliphatic rings. The van der Waals surface area contributed by atoms with Gasteiger partial charge in [-0.15, -0.1) is 0 Å². The van der Waals surface area contributed by atoms with Gasteiger partial charge in [0.05, 0.1) is 17.6 Å². The molecule has 1 heterocycles. The van der Waals surface area contributed by atoms with Gasteiger partial charge in [-0.05, 0) is 30.7 Å². The summed E-state index contributed by atoms with van der Waals surface area (Å²) in [6, 6.07) is 15.7. The summed E-state index contributed by atoms with van der Waals surface area (Å²) in [5, 5.41) is 0. The van der Waals surface area contributed by atoms with Gasteiger partial charge in [0.1, 0.15) is 5.69 Å². The Kier molecular flexibility index (Phi) is 3.40. The van der Waals surface area contributed by atoms with E-state index >= 15 is 0 Å². The van der Waals surface area contributed by atoms with Crippen LogP contribution in [-0.4, -0.2) is 9.55 Å². The third kappa shape index (κ3) is 2.27. The van der Waals surface area contributed by atoms with E-state index in [2.05, 4.69) is 20.9 Å². The maximum Gasteiger partial charge on any atom is 0.272 e. The quantitative estimate of drug-likeness (QED) is 0.721. The zero-order valence-electron chi connectivity index (χ0n) is 11.0. The van der Waals surface area contributed by atoms with Gasteiger partial charge in [-0.25, -0.2) is 4.98 Å². The molecule has 2 aromatic carbocycles. The summed E-state index contributed by atoms with van der Waals surface area (Å²) >= 11 is 3.53. The van der Waals surface area contributed by atoms with E-state index in [0.717, 1.165) is 21.1 Å². The van der Waals surface area contributed by atoms with Gasteiger partial charge in [0.2, 0.25) is 0 Å². The van der Waals surface area contributed by atoms with Crippen LogP contribution in [0.15, 0.2) is 57.8 Å². The SMILES string of the molecule is Cc1nc2ccccc2n(Cc2ccccc2Br)c1=O. The first-order valence-corrected chi connectivity index (χ1v) is 7.16. The molecular formula is C16H13BrN2O. The smallest absolute Gasteiger partial charge is 0.272 e. The molecule has 4 heteroatoms. The van der Waals surface area contributed by atoms with Crippen molar-refractivity contribution in [3.8, 4) is 0 Å². The van der Waals surface area contributed by atoms with E-state index < -0.39 is 0 Å². The number of benzene rings is 2. The highest BCUT2D eigenvalue weighted by Crippen LogP contribution is 2.18. The maximum absolute atomic E-state index is 12.4. The lowest BCUT2D eigenvalue weighted by molar-refractivity contribution is 0.773. The Morgan fingerprint density at radius 3 is 2.60 bits per heavy atom. The molecule has 0 aliphatic heterocycles. The third-order valence-corrected chi connectivity index (χ3v) is 4.08. The lowest BCUT2D eigenvalue weighted by atomic mass is 10.2. The van der Waals surface area contributed by atoms with Crippen molar-refractivity contribution in [1.29, 1.82) is 0 Å². The normalized spacial score (nSPS) is 10.9. The van der Waals surface area contributed by atoms with Crippen molar-refractivity contribution in [3.05, 3.63) is 74.6 Å². The van der Waals surface area contributed by atoms with Crippen LogP contribution < -0.4 is 5.56 Å². The molecule has 0 spiro atoms. The van der Waals surface area contributed by atoms with Crippen molar-refractivity contribution in [1.82, 2.24) is 9.55 Å². The summed E-state index contributed by atoms with van der Waals surface area (Å²) in [6.45, 7) is 2.29. The molecule has 0 N–H and O–H groups in total. The van der Waals surface area contributed by atoms with Crippen LogP contribution >= 0.6 is 15.9 Å². The number of halogens is 1. The first-order chi connectivity index (χ1) is 9.66. The standard InChI is InChI=1S/C16H13BrN2O/c1-11-16(20)19(10-12-6-2-3-7-13(12)17)15-9-5-4-8-14(15)18-11/h2-9H,10H2,1H3. The van der Waals surface area contributed by atoms with Crippen molar-refractivity contribution in [2.45, 2.75) is 13.5 Å². The number of hydrogen-bond acceptors (Lipinski definition) is 2. The van der Waals surface area contributed by atoms with Crippen LogP contribution in [0.25, 0.3) is 11.0 Å². The molecule has 0 fully saturated rings. The fourth-order valence-corrected chi connectivity index (χ4v) is 2.68. The highest BCUT2D eigenvalue weighted by atomic mass is 79.9. The molecule has 0 saturated heterocycles. The Labute approximate surface area is 125 Å². The monoisotopic (exact) mass is 328 g/mol. The number of fused-ring (bicyclic) bond motifs is 1. The molecule has 0 saturated carbocycles. The van der Waals surface area contributed by atoms with Gasteiger partial charge in [0.25, 0.3) is 5.56 Å². The number of rotatable bonds is 2. The summed E-state index contributed by atoms with van der Waals surface area (Å²) in [6.07, 6.45) is 0. The van der Waals surface area contributed by atoms with Crippen molar-refractivity contribution in [2.24, 2.45) is 0 Å². The van der Waals surface area contributed by atoms with E-state index in [1.807, 2.05) is 48.5 Å². The van der Waals surface area contributed by atoms with Gasteiger partial charge in [0, 0.05) is 4.47 Å². The van der Waals surface area contributed by atoms with Crippen LogP contribution in [0.2, 0.25) is 0 Å². The molecule has 0 bridgehead atoms. The summed E-state index contributed by atoms with van der Waals surface area (Å²) in [5.41, 5.74) is 3.26. The van der Waals surface area contributed by atoms with Crippen molar-refractivity contribution in [3.63, 3.8) is 0 Å². The minimum Gasteiger partial charge on any atom is -0.301 e. The molecule has 0 amide bonds. The number of aromatic nitrogens is 2. The van der Waals surface area contributed by atoms with Crippen LogP contribution in [0.5, 0.6) is 0 Å². The van der Waals surface area contributed by atoms with Crippen LogP contribution in [0.1, 0.15) is 11.3 Å². The zero-order chi connectivity index (χ0) is 14.1. The van der Waals surface area contributed by atoms with E-state index in [1.165, 1.54) is 0 Å². The molecular weight excluding hydrogens is 316 g/mol. The van der Waals surface area contributed by atoms with E-state index in [4.69, 9.17) is 0 Å². The Balaban J connectivity index is 2.23. The number of aryl methyl sites for hydroxylation is 1. The van der Waals surface area contributed by atoms with E-state index in [0.29, 0.717) is 12.2 Å². The fourth-order valence-electron chi connectivity index (χ4n) is 2.27. The Morgan fingerprint density at radius 2 is 1.80 bits per heavy atom. The second-order valence-electron chi connectivity index (χ2n) is 4.67. The van der Waals surface area contributed by atoms with E-state index in [1.54, 1.807) is 11.5 Å². The largest absolute Gasteiger partial charge is 0.301 e. The number of nitrogens with zero attached hydrogens (tertiary/aromatic N) is 2. The second kappa shape index (κ2) is 5.21. The summed E-state index contributed by atoms with van der Waals surface area (Å²) in [7, 11) is 0. The van der Waals surface area contributed by atoms with Gasteiger partial charge >= 0.3 is 0 Å².